The van der Waals surface area contributed by atoms with E-state index in [0.717, 1.165) is 31.2 Å². The first-order valence-corrected chi connectivity index (χ1v) is 11.5. The highest BCUT2D eigenvalue weighted by atomic mass is 35.5. The molecule has 1 aliphatic carbocycles. The fourth-order valence-electron chi connectivity index (χ4n) is 3.90. The number of para-hydroxylation sites is 2. The summed E-state index contributed by atoms with van der Waals surface area (Å²) in [5, 5.41) is 3.75. The van der Waals surface area contributed by atoms with E-state index >= 15 is 0 Å². The summed E-state index contributed by atoms with van der Waals surface area (Å²) in [7, 11) is 1.55. The predicted octanol–water partition coefficient (Wildman–Crippen LogP) is 4.59. The number of carbonyl (C=O) groups excluding carboxylic acids is 2. The second kappa shape index (κ2) is 11.8. The van der Waals surface area contributed by atoms with Crippen LogP contribution in [-0.2, 0) is 16.1 Å². The van der Waals surface area contributed by atoms with Crippen LogP contribution in [0.1, 0.15) is 44.6 Å². The van der Waals surface area contributed by atoms with Gasteiger partial charge in [0.05, 0.1) is 7.11 Å². The van der Waals surface area contributed by atoms with Crippen LogP contribution < -0.4 is 14.8 Å². The van der Waals surface area contributed by atoms with Crippen molar-refractivity contribution in [3.05, 3.63) is 59.1 Å². The molecule has 1 aliphatic rings. The van der Waals surface area contributed by atoms with E-state index in [1.165, 1.54) is 6.42 Å². The molecule has 0 spiro atoms. The fraction of sp³-hybridized carbons (Fsp3) is 0.440. The Morgan fingerprint density at radius 2 is 1.72 bits per heavy atom. The summed E-state index contributed by atoms with van der Waals surface area (Å²) in [6, 6.07) is 14.0. The molecule has 0 aromatic heterocycles. The van der Waals surface area contributed by atoms with Crippen LogP contribution in [0.3, 0.4) is 0 Å². The van der Waals surface area contributed by atoms with Gasteiger partial charge in [0.15, 0.2) is 18.1 Å². The van der Waals surface area contributed by atoms with Crippen molar-refractivity contribution in [3.63, 3.8) is 0 Å². The van der Waals surface area contributed by atoms with E-state index in [9.17, 15) is 9.59 Å². The molecule has 1 N–H and O–H groups in total. The molecular weight excluding hydrogens is 428 g/mol. The number of methoxy groups -OCH3 is 1. The molecule has 0 bridgehead atoms. The molecule has 0 saturated heterocycles. The first kappa shape index (κ1) is 23.9. The Kier molecular flexibility index (Phi) is 8.80. The van der Waals surface area contributed by atoms with Gasteiger partial charge < -0.3 is 19.7 Å². The van der Waals surface area contributed by atoms with Gasteiger partial charge in [-0.1, -0.05) is 55.1 Å². The third kappa shape index (κ3) is 6.63. The quantitative estimate of drug-likeness (QED) is 0.596. The monoisotopic (exact) mass is 458 g/mol. The fourth-order valence-corrected chi connectivity index (χ4v) is 4.02. The van der Waals surface area contributed by atoms with E-state index in [-0.39, 0.29) is 31.0 Å². The van der Waals surface area contributed by atoms with Crippen molar-refractivity contribution in [2.45, 2.75) is 57.7 Å². The van der Waals surface area contributed by atoms with Crippen LogP contribution in [0.4, 0.5) is 0 Å². The molecule has 0 radical (unpaired) electrons. The maximum Gasteiger partial charge on any atom is 0.261 e. The molecule has 3 rings (SSSR count). The van der Waals surface area contributed by atoms with Crippen molar-refractivity contribution in [1.82, 2.24) is 10.2 Å². The summed E-state index contributed by atoms with van der Waals surface area (Å²) in [4.78, 5) is 27.7. The molecule has 2 amide bonds. The second-order valence-corrected chi connectivity index (χ2v) is 8.54. The lowest BCUT2D eigenvalue weighted by atomic mass is 9.95. The number of amides is 2. The van der Waals surface area contributed by atoms with Crippen molar-refractivity contribution in [1.29, 1.82) is 0 Å². The average Bonchev–Trinajstić information content (AvgIpc) is 2.82. The van der Waals surface area contributed by atoms with Gasteiger partial charge in [-0.3, -0.25) is 9.59 Å². The molecule has 1 atom stereocenters. The SMILES string of the molecule is COc1ccccc1OCC(=O)N(Cc1ccc(Cl)cc1)[C@@H](C)C(=O)NC1CCCCC1. The number of carbonyl (C=O) groups is 2. The van der Waals surface area contributed by atoms with Crippen molar-refractivity contribution < 1.29 is 19.1 Å². The molecule has 6 nitrogen and oxygen atoms in total. The third-order valence-electron chi connectivity index (χ3n) is 5.81. The van der Waals surface area contributed by atoms with Gasteiger partial charge >= 0.3 is 0 Å². The van der Waals surface area contributed by atoms with Crippen LogP contribution in [0.5, 0.6) is 11.5 Å². The highest BCUT2D eigenvalue weighted by molar-refractivity contribution is 6.30. The number of rotatable bonds is 9. The molecule has 172 valence electrons. The van der Waals surface area contributed by atoms with Gasteiger partial charge in [0.25, 0.3) is 5.91 Å². The van der Waals surface area contributed by atoms with Gasteiger partial charge in [-0.25, -0.2) is 0 Å². The van der Waals surface area contributed by atoms with E-state index < -0.39 is 6.04 Å². The summed E-state index contributed by atoms with van der Waals surface area (Å²) in [5.41, 5.74) is 0.886. The van der Waals surface area contributed by atoms with Crippen molar-refractivity contribution >= 4 is 23.4 Å². The summed E-state index contributed by atoms with van der Waals surface area (Å²) in [6.45, 7) is 1.84. The Labute approximate surface area is 194 Å². The Balaban J connectivity index is 1.71. The number of hydrogen-bond acceptors (Lipinski definition) is 4. The average molecular weight is 459 g/mol. The van der Waals surface area contributed by atoms with Crippen LogP contribution >= 0.6 is 11.6 Å². The smallest absolute Gasteiger partial charge is 0.261 e. The van der Waals surface area contributed by atoms with Gasteiger partial charge in [0, 0.05) is 17.6 Å². The summed E-state index contributed by atoms with van der Waals surface area (Å²) < 4.78 is 11.0. The van der Waals surface area contributed by atoms with E-state index in [4.69, 9.17) is 21.1 Å². The maximum atomic E-state index is 13.2. The molecule has 0 aliphatic heterocycles. The van der Waals surface area contributed by atoms with Gasteiger partial charge in [-0.2, -0.15) is 0 Å². The molecule has 0 unspecified atom stereocenters. The first-order valence-electron chi connectivity index (χ1n) is 11.1. The minimum atomic E-state index is -0.638. The van der Waals surface area contributed by atoms with Gasteiger partial charge in [-0.15, -0.1) is 0 Å². The lowest BCUT2D eigenvalue weighted by molar-refractivity contribution is -0.142. The van der Waals surface area contributed by atoms with Gasteiger partial charge in [0.1, 0.15) is 6.04 Å². The van der Waals surface area contributed by atoms with Crippen LogP contribution in [-0.4, -0.2) is 42.5 Å². The highest BCUT2D eigenvalue weighted by Gasteiger charge is 2.28. The van der Waals surface area contributed by atoms with Gasteiger partial charge in [0.2, 0.25) is 5.91 Å². The Bertz CT molecular complexity index is 897. The van der Waals surface area contributed by atoms with Crippen LogP contribution in [0, 0.1) is 0 Å². The van der Waals surface area contributed by atoms with Crippen LogP contribution in [0.15, 0.2) is 48.5 Å². The Morgan fingerprint density at radius 1 is 1.06 bits per heavy atom. The van der Waals surface area contributed by atoms with E-state index in [0.29, 0.717) is 16.5 Å². The zero-order valence-corrected chi connectivity index (χ0v) is 19.4. The van der Waals surface area contributed by atoms with E-state index in [1.54, 1.807) is 43.2 Å². The van der Waals surface area contributed by atoms with Crippen LogP contribution in [0.25, 0.3) is 0 Å². The minimum Gasteiger partial charge on any atom is -0.493 e. The molecule has 2 aromatic rings. The molecule has 0 heterocycles. The molecule has 2 aromatic carbocycles. The van der Waals surface area contributed by atoms with E-state index in [2.05, 4.69) is 5.32 Å². The second-order valence-electron chi connectivity index (χ2n) is 8.11. The number of hydrogen-bond donors (Lipinski definition) is 1. The third-order valence-corrected chi connectivity index (χ3v) is 6.06. The largest absolute Gasteiger partial charge is 0.493 e. The molecule has 7 heteroatoms. The first-order chi connectivity index (χ1) is 15.5. The van der Waals surface area contributed by atoms with E-state index in [1.807, 2.05) is 24.3 Å². The van der Waals surface area contributed by atoms with Crippen molar-refractivity contribution in [3.8, 4) is 11.5 Å². The molecular formula is C25H31ClN2O4. The number of ether oxygens (including phenoxy) is 2. The lowest BCUT2D eigenvalue weighted by Crippen LogP contribution is -2.51. The standard InChI is InChI=1S/C25H31ClN2O4/c1-18(25(30)27-21-8-4-3-5-9-21)28(16-19-12-14-20(26)15-13-19)24(29)17-32-23-11-7-6-10-22(23)31-2/h6-7,10-15,18,21H,3-5,8-9,16-17H2,1-2H3,(H,27,30)/t18-/m0/s1. The number of nitrogens with one attached hydrogen (secondary N) is 1. The zero-order valence-electron chi connectivity index (χ0n) is 18.7. The number of benzene rings is 2. The normalized spacial score (nSPS) is 15.0. The summed E-state index contributed by atoms with van der Waals surface area (Å²) in [5.74, 6) is 0.607. The number of nitrogens with zero attached hydrogens (tertiary/aromatic N) is 1. The zero-order chi connectivity index (χ0) is 22.9. The minimum absolute atomic E-state index is 0.142. The van der Waals surface area contributed by atoms with Crippen molar-refractivity contribution in [2.75, 3.05) is 13.7 Å². The number of halogens is 1. The van der Waals surface area contributed by atoms with Crippen LogP contribution in [0.2, 0.25) is 5.02 Å². The Hall–Kier alpha value is -2.73. The van der Waals surface area contributed by atoms with Gasteiger partial charge in [-0.05, 0) is 49.6 Å². The molecule has 1 saturated carbocycles. The highest BCUT2D eigenvalue weighted by Crippen LogP contribution is 2.26. The summed E-state index contributed by atoms with van der Waals surface area (Å²) >= 11 is 6.00. The topological polar surface area (TPSA) is 67.9 Å². The predicted molar refractivity (Wildman–Crippen MR) is 125 cm³/mol. The maximum absolute atomic E-state index is 13.2. The molecule has 1 fully saturated rings. The molecule has 32 heavy (non-hydrogen) atoms. The lowest BCUT2D eigenvalue weighted by Gasteiger charge is -2.31. The summed E-state index contributed by atoms with van der Waals surface area (Å²) in [6.07, 6.45) is 5.43. The Morgan fingerprint density at radius 3 is 2.38 bits per heavy atom. The van der Waals surface area contributed by atoms with Crippen molar-refractivity contribution in [2.24, 2.45) is 0 Å².